The highest BCUT2D eigenvalue weighted by Gasteiger charge is 2.20. The number of guanidine groups is 1. The Labute approximate surface area is 133 Å². The normalized spacial score (nSPS) is 19.3. The van der Waals surface area contributed by atoms with Crippen molar-refractivity contribution in [2.24, 2.45) is 4.99 Å². The van der Waals surface area contributed by atoms with E-state index in [0.717, 1.165) is 23.8 Å². The number of aliphatic imine (C=N–C) groups is 1. The number of ether oxygens (including phenoxy) is 1. The number of hydrogen-bond acceptors (Lipinski definition) is 3. The van der Waals surface area contributed by atoms with Crippen molar-refractivity contribution in [2.75, 3.05) is 34.3 Å². The number of aryl methyl sites for hydroxylation is 1. The van der Waals surface area contributed by atoms with Crippen LogP contribution in [-0.2, 0) is 6.54 Å². The number of methoxy groups -OCH3 is 1. The lowest BCUT2D eigenvalue weighted by Crippen LogP contribution is -2.43. The van der Waals surface area contributed by atoms with Crippen LogP contribution in [0.1, 0.15) is 24.0 Å². The first kappa shape index (κ1) is 16.6. The topological polar surface area (TPSA) is 48.9 Å². The zero-order chi connectivity index (χ0) is 15.9. The largest absolute Gasteiger partial charge is 0.496 e. The quantitative estimate of drug-likeness (QED) is 0.643. The molecule has 2 N–H and O–H groups in total. The summed E-state index contributed by atoms with van der Waals surface area (Å²) in [5.74, 6) is 1.75. The van der Waals surface area contributed by atoms with E-state index in [4.69, 9.17) is 4.74 Å². The molecule has 0 saturated carbocycles. The van der Waals surface area contributed by atoms with Crippen molar-refractivity contribution in [3.63, 3.8) is 0 Å². The van der Waals surface area contributed by atoms with Crippen LogP contribution in [-0.4, -0.2) is 51.2 Å². The van der Waals surface area contributed by atoms with Crippen LogP contribution >= 0.6 is 0 Å². The van der Waals surface area contributed by atoms with Gasteiger partial charge in [-0.3, -0.25) is 4.99 Å². The van der Waals surface area contributed by atoms with Crippen molar-refractivity contribution in [1.29, 1.82) is 0 Å². The molecule has 122 valence electrons. The molecule has 1 heterocycles. The predicted molar refractivity (Wildman–Crippen MR) is 91.6 cm³/mol. The van der Waals surface area contributed by atoms with E-state index in [1.165, 1.54) is 24.9 Å². The number of nitrogens with zero attached hydrogens (tertiary/aromatic N) is 2. The van der Waals surface area contributed by atoms with Crippen LogP contribution in [0.5, 0.6) is 5.75 Å². The molecule has 1 fully saturated rings. The van der Waals surface area contributed by atoms with Gasteiger partial charge >= 0.3 is 0 Å². The smallest absolute Gasteiger partial charge is 0.191 e. The maximum Gasteiger partial charge on any atom is 0.191 e. The van der Waals surface area contributed by atoms with Crippen molar-refractivity contribution >= 4 is 5.96 Å². The Morgan fingerprint density at radius 3 is 2.86 bits per heavy atom. The number of hydrogen-bond donors (Lipinski definition) is 2. The Balaban J connectivity index is 1.86. The van der Waals surface area contributed by atoms with E-state index in [0.29, 0.717) is 12.6 Å². The molecule has 1 saturated heterocycles. The fourth-order valence-corrected chi connectivity index (χ4v) is 2.85. The Morgan fingerprint density at radius 1 is 1.41 bits per heavy atom. The molecule has 1 aliphatic rings. The second-order valence-electron chi connectivity index (χ2n) is 5.90. The first-order chi connectivity index (χ1) is 10.6. The van der Waals surface area contributed by atoms with Crippen molar-refractivity contribution < 1.29 is 4.74 Å². The summed E-state index contributed by atoms with van der Waals surface area (Å²) in [5.41, 5.74) is 2.33. The maximum atomic E-state index is 5.44. The maximum absolute atomic E-state index is 5.44. The summed E-state index contributed by atoms with van der Waals surface area (Å²) in [4.78, 5) is 6.70. The highest BCUT2D eigenvalue weighted by Crippen LogP contribution is 2.19. The summed E-state index contributed by atoms with van der Waals surface area (Å²) in [6.45, 7) is 4.89. The molecule has 1 aromatic carbocycles. The van der Waals surface area contributed by atoms with Gasteiger partial charge in [0.15, 0.2) is 5.96 Å². The minimum Gasteiger partial charge on any atom is -0.496 e. The molecule has 1 aromatic rings. The Hall–Kier alpha value is -1.75. The van der Waals surface area contributed by atoms with Crippen LogP contribution in [0.3, 0.4) is 0 Å². The van der Waals surface area contributed by atoms with Gasteiger partial charge in [0, 0.05) is 31.7 Å². The van der Waals surface area contributed by atoms with Crippen LogP contribution in [0.15, 0.2) is 23.2 Å². The highest BCUT2D eigenvalue weighted by atomic mass is 16.5. The van der Waals surface area contributed by atoms with E-state index in [1.54, 1.807) is 14.2 Å². The van der Waals surface area contributed by atoms with E-state index in [2.05, 4.69) is 52.7 Å². The van der Waals surface area contributed by atoms with Gasteiger partial charge in [-0.15, -0.1) is 0 Å². The number of benzene rings is 1. The SMILES string of the molecule is CN=C(NCc1ccc(C)cc1OC)NCC1CCCN1C. The van der Waals surface area contributed by atoms with E-state index in [1.807, 2.05) is 0 Å². The highest BCUT2D eigenvalue weighted by molar-refractivity contribution is 5.79. The van der Waals surface area contributed by atoms with Crippen molar-refractivity contribution in [3.8, 4) is 5.75 Å². The fraction of sp³-hybridized carbons (Fsp3) is 0.588. The fourth-order valence-electron chi connectivity index (χ4n) is 2.85. The van der Waals surface area contributed by atoms with E-state index in [-0.39, 0.29) is 0 Å². The first-order valence-corrected chi connectivity index (χ1v) is 7.92. The molecule has 22 heavy (non-hydrogen) atoms. The molecule has 0 spiro atoms. The predicted octanol–water partition coefficient (Wildman–Crippen LogP) is 1.76. The average Bonchev–Trinajstić information content (AvgIpc) is 2.93. The summed E-state index contributed by atoms with van der Waals surface area (Å²) in [7, 11) is 5.70. The summed E-state index contributed by atoms with van der Waals surface area (Å²) in [5, 5.41) is 6.78. The number of nitrogens with one attached hydrogen (secondary N) is 2. The van der Waals surface area contributed by atoms with Crippen molar-refractivity contribution in [2.45, 2.75) is 32.4 Å². The number of rotatable bonds is 5. The van der Waals surface area contributed by atoms with Gasteiger partial charge in [0.25, 0.3) is 0 Å². The van der Waals surface area contributed by atoms with Crippen molar-refractivity contribution in [3.05, 3.63) is 29.3 Å². The lowest BCUT2D eigenvalue weighted by Gasteiger charge is -2.21. The van der Waals surface area contributed by atoms with E-state index in [9.17, 15) is 0 Å². The zero-order valence-corrected chi connectivity index (χ0v) is 14.1. The van der Waals surface area contributed by atoms with Gasteiger partial charge in [0.05, 0.1) is 7.11 Å². The van der Waals surface area contributed by atoms with E-state index < -0.39 is 0 Å². The zero-order valence-electron chi connectivity index (χ0n) is 14.1. The lowest BCUT2D eigenvalue weighted by atomic mass is 10.1. The van der Waals surface area contributed by atoms with Gasteiger partial charge in [0.1, 0.15) is 5.75 Å². The Kier molecular flexibility index (Phi) is 6.07. The van der Waals surface area contributed by atoms with Gasteiger partial charge in [0.2, 0.25) is 0 Å². The molecule has 0 amide bonds. The van der Waals surface area contributed by atoms with Gasteiger partial charge in [-0.1, -0.05) is 12.1 Å². The minimum atomic E-state index is 0.604. The van der Waals surface area contributed by atoms with E-state index >= 15 is 0 Å². The summed E-state index contributed by atoms with van der Waals surface area (Å²) >= 11 is 0. The van der Waals surface area contributed by atoms with Crippen LogP contribution < -0.4 is 15.4 Å². The molecule has 5 nitrogen and oxygen atoms in total. The molecule has 5 heteroatoms. The molecule has 0 radical (unpaired) electrons. The van der Waals surface area contributed by atoms with Gasteiger partial charge in [-0.05, 0) is 45.0 Å². The molecule has 1 aliphatic heterocycles. The molecule has 0 aromatic heterocycles. The second-order valence-corrected chi connectivity index (χ2v) is 5.90. The molecular formula is C17H28N4O. The minimum absolute atomic E-state index is 0.604. The molecule has 1 unspecified atom stereocenters. The van der Waals surface area contributed by atoms with Crippen molar-refractivity contribution in [1.82, 2.24) is 15.5 Å². The molecule has 1 atom stereocenters. The van der Waals surface area contributed by atoms with Crippen LogP contribution in [0.4, 0.5) is 0 Å². The van der Waals surface area contributed by atoms with Crippen LogP contribution in [0.25, 0.3) is 0 Å². The molecular weight excluding hydrogens is 276 g/mol. The summed E-state index contributed by atoms with van der Waals surface area (Å²) < 4.78 is 5.44. The lowest BCUT2D eigenvalue weighted by molar-refractivity contribution is 0.309. The number of likely N-dealkylation sites (tertiary alicyclic amines) is 1. The second kappa shape index (κ2) is 8.03. The third kappa shape index (κ3) is 4.37. The van der Waals surface area contributed by atoms with Gasteiger partial charge in [-0.2, -0.15) is 0 Å². The Bertz CT molecular complexity index is 515. The van der Waals surface area contributed by atoms with Gasteiger partial charge < -0.3 is 20.3 Å². The Morgan fingerprint density at radius 2 is 2.23 bits per heavy atom. The molecule has 0 bridgehead atoms. The summed E-state index contributed by atoms with van der Waals surface area (Å²) in [6.07, 6.45) is 2.54. The molecule has 2 rings (SSSR count). The third-order valence-electron chi connectivity index (χ3n) is 4.29. The third-order valence-corrected chi connectivity index (χ3v) is 4.29. The summed E-state index contributed by atoms with van der Waals surface area (Å²) in [6, 6.07) is 6.86. The monoisotopic (exact) mass is 304 g/mol. The average molecular weight is 304 g/mol. The van der Waals surface area contributed by atoms with Crippen LogP contribution in [0.2, 0.25) is 0 Å². The standard InChI is InChI=1S/C17H28N4O/c1-13-7-8-14(16(10-13)22-4)11-19-17(18-2)20-12-15-6-5-9-21(15)3/h7-8,10,15H,5-6,9,11-12H2,1-4H3,(H2,18,19,20). The van der Waals surface area contributed by atoms with Crippen LogP contribution in [0, 0.1) is 6.92 Å². The van der Waals surface area contributed by atoms with Gasteiger partial charge in [-0.25, -0.2) is 0 Å². The molecule has 0 aliphatic carbocycles. The first-order valence-electron chi connectivity index (χ1n) is 7.92. The number of likely N-dealkylation sites (N-methyl/N-ethyl adjacent to an activating group) is 1.